The van der Waals surface area contributed by atoms with Gasteiger partial charge in [-0.3, -0.25) is 15.1 Å². The molecule has 2 aromatic rings. The lowest BCUT2D eigenvalue weighted by Crippen LogP contribution is -2.51. The molecule has 1 unspecified atom stereocenters. The molecule has 2 aliphatic rings. The fraction of sp³-hybridized carbons (Fsp3) is 0.400. The zero-order valence-electron chi connectivity index (χ0n) is 18.5. The first kappa shape index (κ1) is 23.3. The van der Waals surface area contributed by atoms with Crippen LogP contribution in [0.4, 0.5) is 0 Å². The minimum atomic E-state index is -0.309. The van der Waals surface area contributed by atoms with Crippen LogP contribution in [-0.2, 0) is 11.3 Å². The fourth-order valence-electron chi connectivity index (χ4n) is 4.31. The van der Waals surface area contributed by atoms with Gasteiger partial charge in [-0.2, -0.15) is 10.5 Å². The third-order valence-corrected chi connectivity index (χ3v) is 7.19. The molecule has 170 valence electrons. The second kappa shape index (κ2) is 11.3. The third kappa shape index (κ3) is 5.93. The van der Waals surface area contributed by atoms with Gasteiger partial charge < -0.3 is 4.90 Å². The van der Waals surface area contributed by atoms with Crippen LogP contribution in [0.15, 0.2) is 48.5 Å². The van der Waals surface area contributed by atoms with Crippen LogP contribution in [0.1, 0.15) is 24.0 Å². The highest BCUT2D eigenvalue weighted by molar-refractivity contribution is 7.99. The van der Waals surface area contributed by atoms with Gasteiger partial charge in [0.1, 0.15) is 6.04 Å². The number of carbonyl (C=O) groups excluding carboxylic acids is 1. The predicted octanol–water partition coefficient (Wildman–Crippen LogP) is 2.71. The maximum Gasteiger partial charge on any atom is 0.239 e. The number of hydrogen-bond donors (Lipinski definition) is 2. The molecule has 2 saturated heterocycles. The van der Waals surface area contributed by atoms with E-state index in [4.69, 9.17) is 5.26 Å². The summed E-state index contributed by atoms with van der Waals surface area (Å²) in [6.45, 7) is 2.93. The molecule has 2 heterocycles. The molecule has 0 radical (unpaired) electrons. The summed E-state index contributed by atoms with van der Waals surface area (Å²) in [5.74, 6) is 1.25. The van der Waals surface area contributed by atoms with E-state index in [-0.39, 0.29) is 18.5 Å². The number of nitrogens with one attached hydrogen (secondary N) is 2. The number of nitriles is 2. The van der Waals surface area contributed by atoms with Crippen LogP contribution in [0, 0.1) is 22.7 Å². The first-order valence-corrected chi connectivity index (χ1v) is 12.4. The molecule has 0 spiro atoms. The third-order valence-electron chi connectivity index (χ3n) is 6.18. The summed E-state index contributed by atoms with van der Waals surface area (Å²) in [5.41, 5.74) is 10.2. The van der Waals surface area contributed by atoms with Crippen molar-refractivity contribution in [2.75, 3.05) is 31.3 Å². The molecule has 1 atom stereocenters. The lowest BCUT2D eigenvalue weighted by molar-refractivity contribution is -0.130. The molecule has 2 N–H and O–H groups in total. The highest BCUT2D eigenvalue weighted by atomic mass is 32.2. The van der Waals surface area contributed by atoms with Gasteiger partial charge in [-0.15, -0.1) is 11.8 Å². The Morgan fingerprint density at radius 2 is 1.91 bits per heavy atom. The van der Waals surface area contributed by atoms with Gasteiger partial charge in [0.25, 0.3) is 0 Å². The van der Waals surface area contributed by atoms with E-state index in [0.29, 0.717) is 23.2 Å². The second-order valence-electron chi connectivity index (χ2n) is 8.41. The van der Waals surface area contributed by atoms with Crippen molar-refractivity contribution >= 4 is 17.7 Å². The van der Waals surface area contributed by atoms with Crippen LogP contribution in [-0.4, -0.2) is 59.1 Å². The van der Waals surface area contributed by atoms with Crippen molar-refractivity contribution in [1.82, 2.24) is 20.7 Å². The molecular formula is C25H28N6OS. The predicted molar refractivity (Wildman–Crippen MR) is 130 cm³/mol. The Bertz CT molecular complexity index is 1040. The van der Waals surface area contributed by atoms with E-state index in [1.54, 1.807) is 16.7 Å². The van der Waals surface area contributed by atoms with Crippen LogP contribution in [0.3, 0.4) is 0 Å². The van der Waals surface area contributed by atoms with E-state index in [2.05, 4.69) is 34.0 Å². The normalized spacial score (nSPS) is 19.2. The van der Waals surface area contributed by atoms with Gasteiger partial charge in [0.15, 0.2) is 0 Å². The molecule has 2 aromatic carbocycles. The summed E-state index contributed by atoms with van der Waals surface area (Å²) in [6, 6.07) is 20.7. The molecule has 2 aliphatic heterocycles. The SMILES string of the molecule is N#Cc1cc(CN2CCC(NNCC(=O)N3CSCC3C#N)CC2)ccc1-c1ccccc1. The van der Waals surface area contributed by atoms with E-state index in [1.807, 2.05) is 42.5 Å². The first-order valence-electron chi connectivity index (χ1n) is 11.2. The highest BCUT2D eigenvalue weighted by Gasteiger charge is 2.28. The molecule has 4 rings (SSSR count). The lowest BCUT2D eigenvalue weighted by atomic mass is 9.97. The van der Waals surface area contributed by atoms with Gasteiger partial charge in [-0.1, -0.05) is 42.5 Å². The van der Waals surface area contributed by atoms with Crippen LogP contribution >= 0.6 is 11.8 Å². The van der Waals surface area contributed by atoms with Crippen molar-refractivity contribution in [3.05, 3.63) is 59.7 Å². The minimum Gasteiger partial charge on any atom is -0.315 e. The molecule has 8 heteroatoms. The van der Waals surface area contributed by atoms with Crippen LogP contribution in [0.25, 0.3) is 11.1 Å². The van der Waals surface area contributed by atoms with E-state index in [0.717, 1.165) is 49.2 Å². The number of thioether (sulfide) groups is 1. The Morgan fingerprint density at radius 3 is 2.64 bits per heavy atom. The number of piperidine rings is 1. The molecule has 2 fully saturated rings. The summed E-state index contributed by atoms with van der Waals surface area (Å²) in [7, 11) is 0. The number of nitrogens with zero attached hydrogens (tertiary/aromatic N) is 4. The molecule has 33 heavy (non-hydrogen) atoms. The smallest absolute Gasteiger partial charge is 0.239 e. The van der Waals surface area contributed by atoms with E-state index in [9.17, 15) is 10.1 Å². The van der Waals surface area contributed by atoms with Gasteiger partial charge in [-0.05, 0) is 35.6 Å². The lowest BCUT2D eigenvalue weighted by Gasteiger charge is -2.32. The van der Waals surface area contributed by atoms with Gasteiger partial charge in [0.2, 0.25) is 5.91 Å². The van der Waals surface area contributed by atoms with Crippen molar-refractivity contribution in [3.63, 3.8) is 0 Å². The number of amides is 1. The molecule has 0 aromatic heterocycles. The molecule has 0 bridgehead atoms. The summed E-state index contributed by atoms with van der Waals surface area (Å²) < 4.78 is 0. The summed E-state index contributed by atoms with van der Waals surface area (Å²) in [6.07, 6.45) is 1.96. The minimum absolute atomic E-state index is 0.0382. The average molecular weight is 461 g/mol. The quantitative estimate of drug-likeness (QED) is 0.614. The monoisotopic (exact) mass is 460 g/mol. The Balaban J connectivity index is 1.22. The largest absolute Gasteiger partial charge is 0.315 e. The number of likely N-dealkylation sites (tertiary alicyclic amines) is 1. The fourth-order valence-corrected chi connectivity index (χ4v) is 5.42. The number of hydrazine groups is 1. The van der Waals surface area contributed by atoms with Gasteiger partial charge in [-0.25, -0.2) is 5.43 Å². The van der Waals surface area contributed by atoms with Crippen LogP contribution in [0.5, 0.6) is 0 Å². The Labute approximate surface area is 199 Å². The van der Waals surface area contributed by atoms with Crippen LogP contribution < -0.4 is 10.9 Å². The van der Waals surface area contributed by atoms with Gasteiger partial charge >= 0.3 is 0 Å². The Kier molecular flexibility index (Phi) is 7.98. The maximum absolute atomic E-state index is 12.3. The Hall–Kier alpha value is -2.88. The van der Waals surface area contributed by atoms with Crippen molar-refractivity contribution in [1.29, 1.82) is 10.5 Å². The zero-order valence-corrected chi connectivity index (χ0v) is 19.4. The van der Waals surface area contributed by atoms with Crippen molar-refractivity contribution in [3.8, 4) is 23.3 Å². The molecule has 7 nitrogen and oxygen atoms in total. The summed E-state index contributed by atoms with van der Waals surface area (Å²) in [4.78, 5) is 16.3. The van der Waals surface area contributed by atoms with Gasteiger partial charge in [0.05, 0.1) is 30.1 Å². The molecule has 1 amide bonds. The number of hydrogen-bond acceptors (Lipinski definition) is 7. The van der Waals surface area contributed by atoms with E-state index in [1.165, 1.54) is 0 Å². The maximum atomic E-state index is 12.3. The topological polar surface area (TPSA) is 95.2 Å². The average Bonchev–Trinajstić information content (AvgIpc) is 3.35. The van der Waals surface area contributed by atoms with Gasteiger partial charge in [0, 0.05) is 31.4 Å². The summed E-state index contributed by atoms with van der Waals surface area (Å²) in [5, 5.41) is 18.8. The standard InChI is InChI=1S/C25H28N6OS/c26-13-21-12-19(6-7-24(21)20-4-2-1-3-5-20)16-30-10-8-22(9-11-30)29-28-15-25(32)31-18-33-17-23(31)14-27/h1-7,12,22-23,28-29H,8-11,15-18H2. The highest BCUT2D eigenvalue weighted by Crippen LogP contribution is 2.25. The first-order chi connectivity index (χ1) is 16.2. The van der Waals surface area contributed by atoms with E-state index >= 15 is 0 Å². The van der Waals surface area contributed by atoms with Crippen molar-refractivity contribution < 1.29 is 4.79 Å². The number of rotatable bonds is 7. The van der Waals surface area contributed by atoms with Crippen molar-refractivity contribution in [2.45, 2.75) is 31.5 Å². The van der Waals surface area contributed by atoms with Crippen LogP contribution in [0.2, 0.25) is 0 Å². The zero-order chi connectivity index (χ0) is 23.0. The van der Waals surface area contributed by atoms with Crippen molar-refractivity contribution in [2.24, 2.45) is 0 Å². The number of benzene rings is 2. The van der Waals surface area contributed by atoms with E-state index < -0.39 is 0 Å². The molecule has 0 saturated carbocycles. The Morgan fingerprint density at radius 1 is 1.12 bits per heavy atom. The molecular weight excluding hydrogens is 432 g/mol. The summed E-state index contributed by atoms with van der Waals surface area (Å²) >= 11 is 1.62. The molecule has 0 aliphatic carbocycles. The number of carbonyl (C=O) groups is 1. The second-order valence-corrected chi connectivity index (χ2v) is 9.41.